The highest BCUT2D eigenvalue weighted by Gasteiger charge is 2.14. The van der Waals surface area contributed by atoms with Gasteiger partial charge >= 0.3 is 0 Å². The molecule has 136 valence electrons. The molecule has 0 aliphatic heterocycles. The first-order valence-corrected chi connectivity index (χ1v) is 8.86. The molecule has 0 saturated heterocycles. The molecule has 0 aliphatic rings. The van der Waals surface area contributed by atoms with Crippen LogP contribution in [-0.2, 0) is 0 Å². The van der Waals surface area contributed by atoms with Crippen molar-refractivity contribution in [2.75, 3.05) is 18.5 Å². The average Bonchev–Trinajstić information content (AvgIpc) is 3.14. The van der Waals surface area contributed by atoms with Crippen LogP contribution >= 0.6 is 0 Å². The number of aliphatic hydroxyl groups is 1. The Labute approximate surface area is 157 Å². The molecule has 2 aromatic heterocycles. The molecule has 0 radical (unpaired) electrons. The summed E-state index contributed by atoms with van der Waals surface area (Å²) in [5.41, 5.74) is 2.60. The molecule has 6 nitrogen and oxygen atoms in total. The molecule has 0 amide bonds. The highest BCUT2D eigenvalue weighted by Crippen LogP contribution is 2.34. The first kappa shape index (κ1) is 17.1. The number of nitrogens with one attached hydrogen (secondary N) is 1. The molecule has 2 heterocycles. The first-order chi connectivity index (χ1) is 13.4. The maximum atomic E-state index is 8.97. The van der Waals surface area contributed by atoms with E-state index in [-0.39, 0.29) is 6.61 Å². The molecule has 0 atom stereocenters. The van der Waals surface area contributed by atoms with Gasteiger partial charge in [-0.3, -0.25) is 4.40 Å². The maximum absolute atomic E-state index is 8.97. The highest BCUT2D eigenvalue weighted by molar-refractivity contribution is 5.74. The Kier molecular flexibility index (Phi) is 4.98. The minimum atomic E-state index is 0.139. The minimum Gasteiger partial charge on any atom is -0.457 e. The van der Waals surface area contributed by atoms with E-state index in [1.807, 2.05) is 71.4 Å². The third-order valence-electron chi connectivity index (χ3n) is 4.19. The summed E-state index contributed by atoms with van der Waals surface area (Å²) in [6.07, 6.45) is 6.10. The van der Waals surface area contributed by atoms with Gasteiger partial charge in [-0.1, -0.05) is 30.3 Å². The van der Waals surface area contributed by atoms with E-state index in [2.05, 4.69) is 15.3 Å². The van der Waals surface area contributed by atoms with E-state index in [0.717, 1.165) is 28.4 Å². The van der Waals surface area contributed by atoms with Crippen LogP contribution in [0.1, 0.15) is 6.42 Å². The Morgan fingerprint density at radius 1 is 1.00 bits per heavy atom. The average molecular weight is 360 g/mol. The lowest BCUT2D eigenvalue weighted by Gasteiger charge is -2.11. The number of imidazole rings is 1. The lowest BCUT2D eigenvalue weighted by atomic mass is 10.1. The summed E-state index contributed by atoms with van der Waals surface area (Å²) in [6.45, 7) is 0.777. The van der Waals surface area contributed by atoms with Gasteiger partial charge in [-0.15, -0.1) is 0 Å². The van der Waals surface area contributed by atoms with Crippen molar-refractivity contribution in [3.63, 3.8) is 0 Å². The van der Waals surface area contributed by atoms with E-state index in [4.69, 9.17) is 9.84 Å². The molecule has 0 aliphatic carbocycles. The summed E-state index contributed by atoms with van der Waals surface area (Å²) >= 11 is 0. The predicted molar refractivity (Wildman–Crippen MR) is 105 cm³/mol. The lowest BCUT2D eigenvalue weighted by Crippen LogP contribution is -2.06. The number of rotatable bonds is 7. The number of aromatic nitrogens is 3. The largest absolute Gasteiger partial charge is 0.457 e. The number of aliphatic hydroxyl groups excluding tert-OH is 1. The Hall–Kier alpha value is -3.38. The molecule has 0 unspecified atom stereocenters. The summed E-state index contributed by atoms with van der Waals surface area (Å²) in [5, 5.41) is 12.2. The summed E-state index contributed by atoms with van der Waals surface area (Å²) in [6, 6.07) is 17.6. The van der Waals surface area contributed by atoms with Crippen LogP contribution in [0.25, 0.3) is 16.9 Å². The summed E-state index contributed by atoms with van der Waals surface area (Å²) in [7, 11) is 0. The SMILES string of the molecule is OCCCNc1nccn2c(-c3ccccc3Oc3ccccc3)cnc12. The van der Waals surface area contributed by atoms with Crippen LogP contribution < -0.4 is 10.1 Å². The van der Waals surface area contributed by atoms with Gasteiger partial charge in [0.2, 0.25) is 0 Å². The number of para-hydroxylation sites is 2. The molecule has 0 bridgehead atoms. The van der Waals surface area contributed by atoms with Gasteiger partial charge < -0.3 is 15.2 Å². The second kappa shape index (κ2) is 7.88. The van der Waals surface area contributed by atoms with E-state index in [0.29, 0.717) is 18.8 Å². The van der Waals surface area contributed by atoms with Crippen molar-refractivity contribution < 1.29 is 9.84 Å². The van der Waals surface area contributed by atoms with Crippen LogP contribution in [0.4, 0.5) is 5.82 Å². The Morgan fingerprint density at radius 3 is 2.67 bits per heavy atom. The molecule has 4 aromatic rings. The van der Waals surface area contributed by atoms with Crippen molar-refractivity contribution in [3.05, 3.63) is 73.2 Å². The molecule has 0 saturated carbocycles. The molecule has 27 heavy (non-hydrogen) atoms. The molecular formula is C21H20N4O2. The third kappa shape index (κ3) is 3.61. The first-order valence-electron chi connectivity index (χ1n) is 8.86. The summed E-state index contributed by atoms with van der Waals surface area (Å²) < 4.78 is 8.08. The molecule has 4 rings (SSSR count). The van der Waals surface area contributed by atoms with Crippen molar-refractivity contribution in [1.82, 2.24) is 14.4 Å². The number of fused-ring (bicyclic) bond motifs is 1. The van der Waals surface area contributed by atoms with E-state index < -0.39 is 0 Å². The summed E-state index contributed by atoms with van der Waals surface area (Å²) in [5.74, 6) is 2.24. The zero-order chi connectivity index (χ0) is 18.5. The zero-order valence-corrected chi connectivity index (χ0v) is 14.7. The van der Waals surface area contributed by atoms with E-state index >= 15 is 0 Å². The normalized spacial score (nSPS) is 10.9. The Bertz CT molecular complexity index is 1030. The van der Waals surface area contributed by atoms with Crippen LogP contribution in [0, 0.1) is 0 Å². The van der Waals surface area contributed by atoms with Gasteiger partial charge in [-0.25, -0.2) is 9.97 Å². The van der Waals surface area contributed by atoms with Crippen molar-refractivity contribution in [2.45, 2.75) is 6.42 Å². The van der Waals surface area contributed by atoms with E-state index in [1.54, 1.807) is 6.20 Å². The van der Waals surface area contributed by atoms with Crippen LogP contribution in [0.5, 0.6) is 11.5 Å². The smallest absolute Gasteiger partial charge is 0.180 e. The van der Waals surface area contributed by atoms with Crippen molar-refractivity contribution in [3.8, 4) is 22.8 Å². The standard InChI is InChI=1S/C21H20N4O2/c26-14-6-11-22-20-21-24-15-18(25(21)13-12-23-20)17-9-4-5-10-19(17)27-16-7-2-1-3-8-16/h1-5,7-10,12-13,15,26H,6,11,14H2,(H,22,23). The Morgan fingerprint density at radius 2 is 1.81 bits per heavy atom. The predicted octanol–water partition coefficient (Wildman–Crippen LogP) is 3.98. The fraction of sp³-hybridized carbons (Fsp3) is 0.143. The minimum absolute atomic E-state index is 0.139. The lowest BCUT2D eigenvalue weighted by molar-refractivity contribution is 0.292. The molecule has 0 spiro atoms. The number of hydrogen-bond donors (Lipinski definition) is 2. The number of nitrogens with zero attached hydrogens (tertiary/aromatic N) is 3. The van der Waals surface area contributed by atoms with Gasteiger partial charge in [0, 0.05) is 31.1 Å². The Balaban J connectivity index is 1.72. The highest BCUT2D eigenvalue weighted by atomic mass is 16.5. The van der Waals surface area contributed by atoms with Gasteiger partial charge in [0.1, 0.15) is 11.5 Å². The fourth-order valence-corrected chi connectivity index (χ4v) is 2.91. The van der Waals surface area contributed by atoms with Crippen molar-refractivity contribution in [2.24, 2.45) is 0 Å². The van der Waals surface area contributed by atoms with Gasteiger partial charge in [0.25, 0.3) is 0 Å². The van der Waals surface area contributed by atoms with E-state index in [1.165, 1.54) is 0 Å². The molecule has 6 heteroatoms. The fourth-order valence-electron chi connectivity index (χ4n) is 2.91. The maximum Gasteiger partial charge on any atom is 0.180 e. The molecule has 2 aromatic carbocycles. The van der Waals surface area contributed by atoms with Gasteiger partial charge in [-0.2, -0.15) is 0 Å². The van der Waals surface area contributed by atoms with Crippen LogP contribution in [0.2, 0.25) is 0 Å². The monoisotopic (exact) mass is 360 g/mol. The third-order valence-corrected chi connectivity index (χ3v) is 4.19. The van der Waals surface area contributed by atoms with Crippen LogP contribution in [-0.4, -0.2) is 32.6 Å². The van der Waals surface area contributed by atoms with Crippen LogP contribution in [0.3, 0.4) is 0 Å². The van der Waals surface area contributed by atoms with E-state index in [9.17, 15) is 0 Å². The number of ether oxygens (including phenoxy) is 1. The second-order valence-electron chi connectivity index (χ2n) is 6.03. The summed E-state index contributed by atoms with van der Waals surface area (Å²) in [4.78, 5) is 8.91. The quantitative estimate of drug-likeness (QED) is 0.488. The molecule has 2 N–H and O–H groups in total. The molecular weight excluding hydrogens is 340 g/mol. The topological polar surface area (TPSA) is 71.7 Å². The zero-order valence-electron chi connectivity index (χ0n) is 14.7. The second-order valence-corrected chi connectivity index (χ2v) is 6.03. The number of anilines is 1. The number of hydrogen-bond acceptors (Lipinski definition) is 5. The molecule has 0 fully saturated rings. The van der Waals surface area contributed by atoms with Crippen molar-refractivity contribution in [1.29, 1.82) is 0 Å². The van der Waals surface area contributed by atoms with Gasteiger partial charge in [0.05, 0.1) is 11.9 Å². The van der Waals surface area contributed by atoms with Gasteiger partial charge in [-0.05, 0) is 30.7 Å². The van der Waals surface area contributed by atoms with Crippen LogP contribution in [0.15, 0.2) is 73.2 Å². The van der Waals surface area contributed by atoms with Crippen molar-refractivity contribution >= 4 is 11.5 Å². The van der Waals surface area contributed by atoms with Gasteiger partial charge in [0.15, 0.2) is 11.5 Å². The number of benzene rings is 2.